The molecule has 152 valence electrons. The van der Waals surface area contributed by atoms with E-state index in [4.69, 9.17) is 30.3 Å². The maximum absolute atomic E-state index is 12.4. The third kappa shape index (κ3) is 5.39. The Balaban J connectivity index is 2.00. The van der Waals surface area contributed by atoms with Crippen molar-refractivity contribution in [3.63, 3.8) is 0 Å². The zero-order valence-corrected chi connectivity index (χ0v) is 16.9. The minimum atomic E-state index is -0.767. The number of nitrogens with zero attached hydrogens (tertiary/aromatic N) is 1. The van der Waals surface area contributed by atoms with Gasteiger partial charge < -0.3 is 24.1 Å². The molecule has 9 heteroatoms. The summed E-state index contributed by atoms with van der Waals surface area (Å²) in [5, 5.41) is 6.74. The number of rotatable bonds is 9. The molecule has 1 N–H and O–H groups in total. The van der Waals surface area contributed by atoms with E-state index in [0.717, 1.165) is 0 Å². The normalized spacial score (nSPS) is 12.8. The average molecular weight is 411 g/mol. The van der Waals surface area contributed by atoms with E-state index >= 15 is 0 Å². The van der Waals surface area contributed by atoms with Crippen LogP contribution in [0.25, 0.3) is 0 Å². The summed E-state index contributed by atoms with van der Waals surface area (Å²) in [4.78, 5) is 24.3. The van der Waals surface area contributed by atoms with Crippen LogP contribution in [-0.4, -0.2) is 37.3 Å². The lowest BCUT2D eigenvalue weighted by atomic mass is 9.99. The molecule has 2 rings (SSSR count). The Hall–Kier alpha value is -2.74. The molecule has 0 bridgehead atoms. The molecule has 0 spiro atoms. The maximum Gasteiger partial charge on any atom is 0.328 e. The maximum atomic E-state index is 12.4. The second-order valence-corrected chi connectivity index (χ2v) is 6.53. The molecule has 0 aliphatic heterocycles. The van der Waals surface area contributed by atoms with Gasteiger partial charge in [-0.2, -0.15) is 0 Å². The van der Waals surface area contributed by atoms with E-state index < -0.39 is 17.9 Å². The third-order valence-electron chi connectivity index (χ3n) is 4.26. The van der Waals surface area contributed by atoms with Gasteiger partial charge in [0, 0.05) is 12.1 Å². The van der Waals surface area contributed by atoms with Crippen molar-refractivity contribution in [1.29, 1.82) is 0 Å². The highest BCUT2D eigenvalue weighted by atomic mass is 35.5. The number of nitrogens with one attached hydrogen (secondary N) is 1. The van der Waals surface area contributed by atoms with Gasteiger partial charge in [-0.05, 0) is 18.1 Å². The lowest BCUT2D eigenvalue weighted by Gasteiger charge is -2.21. The monoisotopic (exact) mass is 410 g/mol. The van der Waals surface area contributed by atoms with Crippen LogP contribution in [0.1, 0.15) is 36.5 Å². The minimum Gasteiger partial charge on any atom is -0.497 e. The molecule has 1 heterocycles. The van der Waals surface area contributed by atoms with Crippen LogP contribution >= 0.6 is 11.6 Å². The number of carbonyl (C=O) groups excluding carboxylic acids is 2. The number of esters is 1. The number of methoxy groups -OCH3 is 2. The molecule has 1 amide bonds. The van der Waals surface area contributed by atoms with Crippen molar-refractivity contribution in [2.24, 2.45) is 5.92 Å². The third-order valence-corrected chi connectivity index (χ3v) is 4.55. The second-order valence-electron chi connectivity index (χ2n) is 6.12. The highest BCUT2D eigenvalue weighted by Crippen LogP contribution is 2.29. The van der Waals surface area contributed by atoms with Crippen LogP contribution in [-0.2, 0) is 16.1 Å². The van der Waals surface area contributed by atoms with Gasteiger partial charge in [-0.3, -0.25) is 4.79 Å². The molecule has 8 nitrogen and oxygen atoms in total. The number of halogens is 1. The van der Waals surface area contributed by atoms with E-state index in [1.807, 2.05) is 13.8 Å². The number of benzene rings is 1. The summed E-state index contributed by atoms with van der Waals surface area (Å²) in [7, 11) is 2.82. The molecule has 0 fully saturated rings. The van der Waals surface area contributed by atoms with Crippen LogP contribution in [0.5, 0.6) is 11.5 Å². The first kappa shape index (κ1) is 21.6. The second kappa shape index (κ2) is 9.98. The Morgan fingerprint density at radius 1 is 1.29 bits per heavy atom. The van der Waals surface area contributed by atoms with E-state index in [0.29, 0.717) is 28.7 Å². The van der Waals surface area contributed by atoms with Gasteiger partial charge in [-0.1, -0.05) is 37.0 Å². The van der Waals surface area contributed by atoms with Crippen LogP contribution in [0.4, 0.5) is 0 Å². The predicted octanol–water partition coefficient (Wildman–Crippen LogP) is 3.23. The van der Waals surface area contributed by atoms with Crippen LogP contribution in [0.15, 0.2) is 28.8 Å². The van der Waals surface area contributed by atoms with E-state index in [1.165, 1.54) is 13.2 Å². The van der Waals surface area contributed by atoms with E-state index in [9.17, 15) is 9.59 Å². The van der Waals surface area contributed by atoms with E-state index in [2.05, 4.69) is 10.5 Å². The van der Waals surface area contributed by atoms with Gasteiger partial charge in [-0.15, -0.1) is 0 Å². The van der Waals surface area contributed by atoms with Gasteiger partial charge in [0.2, 0.25) is 0 Å². The summed E-state index contributed by atoms with van der Waals surface area (Å²) >= 11 is 6.11. The first-order chi connectivity index (χ1) is 13.4. The number of aromatic nitrogens is 1. The van der Waals surface area contributed by atoms with Crippen molar-refractivity contribution in [2.75, 3.05) is 14.2 Å². The van der Waals surface area contributed by atoms with Crippen LogP contribution in [0.2, 0.25) is 5.02 Å². The van der Waals surface area contributed by atoms with Crippen LogP contribution in [0.3, 0.4) is 0 Å². The molecular formula is C19H23ClN2O6. The molecule has 1 aromatic heterocycles. The summed E-state index contributed by atoms with van der Waals surface area (Å²) in [5.41, 5.74) is 0.0385. The van der Waals surface area contributed by atoms with Crippen LogP contribution in [0, 0.1) is 5.92 Å². The average Bonchev–Trinajstić information content (AvgIpc) is 3.18. The van der Waals surface area contributed by atoms with Crippen molar-refractivity contribution in [3.8, 4) is 11.5 Å². The van der Waals surface area contributed by atoms with Gasteiger partial charge in [0.05, 0.1) is 19.2 Å². The molecular weight excluding hydrogens is 388 g/mol. The smallest absolute Gasteiger partial charge is 0.328 e. The zero-order chi connectivity index (χ0) is 20.7. The first-order valence-corrected chi connectivity index (χ1v) is 9.08. The first-order valence-electron chi connectivity index (χ1n) is 8.70. The molecule has 2 atom stereocenters. The van der Waals surface area contributed by atoms with Gasteiger partial charge in [0.15, 0.2) is 11.5 Å². The fraction of sp³-hybridized carbons (Fsp3) is 0.421. The largest absolute Gasteiger partial charge is 0.497 e. The van der Waals surface area contributed by atoms with Gasteiger partial charge in [0.1, 0.15) is 24.1 Å². The summed E-state index contributed by atoms with van der Waals surface area (Å²) in [6.45, 7) is 3.79. The Kier molecular flexibility index (Phi) is 7.69. The van der Waals surface area contributed by atoms with Crippen molar-refractivity contribution < 1.29 is 28.3 Å². The van der Waals surface area contributed by atoms with E-state index in [1.54, 1.807) is 25.3 Å². The highest BCUT2D eigenvalue weighted by Gasteiger charge is 2.28. The Morgan fingerprint density at radius 3 is 2.64 bits per heavy atom. The molecule has 1 aromatic carbocycles. The summed E-state index contributed by atoms with van der Waals surface area (Å²) in [5.74, 6) is 0.237. The SMILES string of the molecule is CC[C@H](C)[C@H](NC(=O)c1cc(COc2ccc(OC)cc2Cl)on1)C(=O)OC. The molecule has 0 unspecified atom stereocenters. The van der Waals surface area contributed by atoms with Gasteiger partial charge in [-0.25, -0.2) is 4.79 Å². The number of ether oxygens (including phenoxy) is 3. The Morgan fingerprint density at radius 2 is 2.04 bits per heavy atom. The Bertz CT molecular complexity index is 823. The quantitative estimate of drug-likeness (QED) is 0.633. The standard InChI is InChI=1S/C19H23ClN2O6/c1-5-11(2)17(19(24)26-4)21-18(23)15-9-13(28-22-15)10-27-16-7-6-12(25-3)8-14(16)20/h6-9,11,17H,5,10H2,1-4H3,(H,21,23)/t11-,17-/m0/s1. The Labute approximate surface area is 168 Å². The summed E-state index contributed by atoms with van der Waals surface area (Å²) in [6.07, 6.45) is 0.695. The van der Waals surface area contributed by atoms with Gasteiger partial charge >= 0.3 is 5.97 Å². The van der Waals surface area contributed by atoms with E-state index in [-0.39, 0.29) is 18.2 Å². The number of hydrogen-bond acceptors (Lipinski definition) is 7. The highest BCUT2D eigenvalue weighted by molar-refractivity contribution is 6.32. The fourth-order valence-corrected chi connectivity index (χ4v) is 2.60. The lowest BCUT2D eigenvalue weighted by molar-refractivity contribution is -0.144. The molecule has 28 heavy (non-hydrogen) atoms. The summed E-state index contributed by atoms with van der Waals surface area (Å²) < 4.78 is 20.5. The number of hydrogen-bond donors (Lipinski definition) is 1. The molecule has 2 aromatic rings. The van der Waals surface area contributed by atoms with Crippen molar-refractivity contribution >= 4 is 23.5 Å². The fourth-order valence-electron chi connectivity index (χ4n) is 2.37. The lowest BCUT2D eigenvalue weighted by Crippen LogP contribution is -2.45. The predicted molar refractivity (Wildman–Crippen MR) is 102 cm³/mol. The number of amides is 1. The molecule has 0 aliphatic rings. The molecule has 0 radical (unpaired) electrons. The zero-order valence-electron chi connectivity index (χ0n) is 16.2. The number of carbonyl (C=O) groups is 2. The van der Waals surface area contributed by atoms with Crippen molar-refractivity contribution in [1.82, 2.24) is 10.5 Å². The molecule has 0 aliphatic carbocycles. The van der Waals surface area contributed by atoms with Crippen LogP contribution < -0.4 is 14.8 Å². The topological polar surface area (TPSA) is 99.9 Å². The van der Waals surface area contributed by atoms with Gasteiger partial charge in [0.25, 0.3) is 5.91 Å². The van der Waals surface area contributed by atoms with Crippen molar-refractivity contribution in [3.05, 3.63) is 40.7 Å². The summed E-state index contributed by atoms with van der Waals surface area (Å²) in [6, 6.07) is 5.67. The molecule has 0 saturated heterocycles. The van der Waals surface area contributed by atoms with Crippen molar-refractivity contribution in [2.45, 2.75) is 32.9 Å². The molecule has 0 saturated carbocycles. The minimum absolute atomic E-state index is 0.0259.